The van der Waals surface area contributed by atoms with Crippen LogP contribution in [0, 0.1) is 0 Å². The molecule has 1 atom stereocenters. The van der Waals surface area contributed by atoms with Crippen molar-refractivity contribution in [2.75, 3.05) is 54.0 Å². The van der Waals surface area contributed by atoms with Gasteiger partial charge in [-0.25, -0.2) is 0 Å². The highest BCUT2D eigenvalue weighted by atomic mass is 16.5. The highest BCUT2D eigenvalue weighted by molar-refractivity contribution is 5.80. The molecule has 28 heavy (non-hydrogen) atoms. The van der Waals surface area contributed by atoms with Crippen molar-refractivity contribution in [2.24, 2.45) is 4.99 Å². The molecule has 1 fully saturated rings. The molecule has 1 unspecified atom stereocenters. The molecule has 0 amide bonds. The van der Waals surface area contributed by atoms with Gasteiger partial charge in [0.2, 0.25) is 0 Å². The second kappa shape index (κ2) is 10.0. The molecule has 1 aromatic carbocycles. The summed E-state index contributed by atoms with van der Waals surface area (Å²) in [7, 11) is 5.21. The first-order valence-electron chi connectivity index (χ1n) is 10.3. The van der Waals surface area contributed by atoms with E-state index in [1.54, 1.807) is 14.2 Å². The molecule has 158 valence electrons. The van der Waals surface area contributed by atoms with Crippen LogP contribution in [0.5, 0.6) is 11.5 Å². The second-order valence-electron chi connectivity index (χ2n) is 7.96. The van der Waals surface area contributed by atoms with Crippen LogP contribution in [-0.4, -0.2) is 75.8 Å². The number of guanidine groups is 1. The van der Waals surface area contributed by atoms with Gasteiger partial charge in [0, 0.05) is 38.1 Å². The van der Waals surface area contributed by atoms with Gasteiger partial charge in [-0.15, -0.1) is 0 Å². The number of likely N-dealkylation sites (N-methyl/N-ethyl adjacent to an activating group) is 1. The van der Waals surface area contributed by atoms with Gasteiger partial charge < -0.3 is 19.7 Å². The Hall–Kier alpha value is -1.95. The fourth-order valence-electron chi connectivity index (χ4n) is 3.96. The molecule has 0 bridgehead atoms. The first-order chi connectivity index (χ1) is 13.4. The lowest BCUT2D eigenvalue weighted by Crippen LogP contribution is -2.46. The predicted molar refractivity (Wildman–Crippen MR) is 117 cm³/mol. The zero-order valence-electron chi connectivity index (χ0n) is 18.7. The lowest BCUT2D eigenvalue weighted by molar-refractivity contribution is 0.223. The Morgan fingerprint density at radius 2 is 1.89 bits per heavy atom. The number of benzene rings is 1. The smallest absolute Gasteiger partial charge is 0.193 e. The average molecular weight is 391 g/mol. The molecule has 0 saturated carbocycles. The van der Waals surface area contributed by atoms with Crippen LogP contribution in [0.3, 0.4) is 0 Å². The Bertz CT molecular complexity index is 656. The summed E-state index contributed by atoms with van der Waals surface area (Å²) in [6.45, 7) is 14.0. The number of methoxy groups -OCH3 is 2. The van der Waals surface area contributed by atoms with Crippen molar-refractivity contribution in [2.45, 2.75) is 45.6 Å². The summed E-state index contributed by atoms with van der Waals surface area (Å²) in [6, 6.07) is 6.76. The summed E-state index contributed by atoms with van der Waals surface area (Å²) in [5.41, 5.74) is 1.13. The van der Waals surface area contributed by atoms with E-state index in [0.717, 1.165) is 50.2 Å². The first-order valence-corrected chi connectivity index (χ1v) is 10.3. The molecule has 1 aliphatic rings. The quantitative estimate of drug-likeness (QED) is 0.546. The van der Waals surface area contributed by atoms with Crippen molar-refractivity contribution in [3.63, 3.8) is 0 Å². The summed E-state index contributed by atoms with van der Waals surface area (Å²) in [5.74, 6) is 2.51. The van der Waals surface area contributed by atoms with Gasteiger partial charge in [-0.2, -0.15) is 0 Å². The van der Waals surface area contributed by atoms with Crippen LogP contribution in [0.15, 0.2) is 23.2 Å². The number of ether oxygens (including phenoxy) is 2. The Kier molecular flexibility index (Phi) is 7.98. The van der Waals surface area contributed by atoms with Gasteiger partial charge in [0.1, 0.15) is 0 Å². The number of nitrogens with one attached hydrogen (secondary N) is 1. The van der Waals surface area contributed by atoms with Crippen LogP contribution >= 0.6 is 0 Å². The van der Waals surface area contributed by atoms with Gasteiger partial charge in [0.05, 0.1) is 14.2 Å². The van der Waals surface area contributed by atoms with Crippen LogP contribution in [0.4, 0.5) is 0 Å². The van der Waals surface area contributed by atoms with E-state index in [-0.39, 0.29) is 5.41 Å². The molecule has 0 aromatic heterocycles. The van der Waals surface area contributed by atoms with Crippen molar-refractivity contribution >= 4 is 5.96 Å². The molecule has 1 heterocycles. The summed E-state index contributed by atoms with van der Waals surface area (Å²) in [4.78, 5) is 9.47. The van der Waals surface area contributed by atoms with Crippen molar-refractivity contribution in [3.8, 4) is 11.5 Å². The van der Waals surface area contributed by atoms with E-state index in [9.17, 15) is 0 Å². The molecule has 1 N–H and O–H groups in total. The third-order valence-electron chi connectivity index (χ3n) is 5.86. The molecule has 1 saturated heterocycles. The maximum absolute atomic E-state index is 5.47. The zero-order valence-corrected chi connectivity index (χ0v) is 18.7. The van der Waals surface area contributed by atoms with E-state index in [0.29, 0.717) is 6.04 Å². The van der Waals surface area contributed by atoms with Crippen molar-refractivity contribution in [1.29, 1.82) is 0 Å². The molecule has 0 spiro atoms. The molecule has 1 aromatic rings. The van der Waals surface area contributed by atoms with Gasteiger partial charge >= 0.3 is 0 Å². The Morgan fingerprint density at radius 1 is 1.21 bits per heavy atom. The second-order valence-corrected chi connectivity index (χ2v) is 7.96. The van der Waals surface area contributed by atoms with Crippen LogP contribution < -0.4 is 14.8 Å². The summed E-state index contributed by atoms with van der Waals surface area (Å²) < 4.78 is 10.8. The number of aliphatic imine (C=N–C) groups is 1. The van der Waals surface area contributed by atoms with Crippen molar-refractivity contribution in [1.82, 2.24) is 15.1 Å². The maximum Gasteiger partial charge on any atom is 0.193 e. The number of rotatable bonds is 8. The highest BCUT2D eigenvalue weighted by Crippen LogP contribution is 2.33. The largest absolute Gasteiger partial charge is 0.493 e. The van der Waals surface area contributed by atoms with Gasteiger partial charge in [-0.1, -0.05) is 33.8 Å². The van der Waals surface area contributed by atoms with Crippen molar-refractivity contribution < 1.29 is 9.47 Å². The average Bonchev–Trinajstić information content (AvgIpc) is 3.18. The standard InChI is InChI=1S/C22H38N4O2/c1-8-25(9-2)18-12-13-26(15-18)21(23-5)24-16-22(3,4)17-10-11-19(27-6)20(14-17)28-7/h10-11,14,18H,8-9,12-13,15-16H2,1-7H3,(H,23,24). The van der Waals surface area contributed by atoms with Crippen LogP contribution in [0.25, 0.3) is 0 Å². The van der Waals surface area contributed by atoms with Gasteiger partial charge in [-0.05, 0) is 37.2 Å². The van der Waals surface area contributed by atoms with E-state index >= 15 is 0 Å². The summed E-state index contributed by atoms with van der Waals surface area (Å²) >= 11 is 0. The minimum absolute atomic E-state index is 0.0759. The molecule has 1 aliphatic heterocycles. The predicted octanol–water partition coefficient (Wildman–Crippen LogP) is 2.97. The monoisotopic (exact) mass is 390 g/mol. The number of hydrogen-bond acceptors (Lipinski definition) is 4. The maximum atomic E-state index is 5.47. The molecule has 0 aliphatic carbocycles. The minimum Gasteiger partial charge on any atom is -0.493 e. The topological polar surface area (TPSA) is 49.3 Å². The Balaban J connectivity index is 2.03. The van der Waals surface area contributed by atoms with E-state index in [4.69, 9.17) is 9.47 Å². The Morgan fingerprint density at radius 3 is 2.46 bits per heavy atom. The fourth-order valence-corrected chi connectivity index (χ4v) is 3.96. The van der Waals surface area contributed by atoms with E-state index < -0.39 is 0 Å². The van der Waals surface area contributed by atoms with Gasteiger partial charge in [0.25, 0.3) is 0 Å². The van der Waals surface area contributed by atoms with Crippen LogP contribution in [0.1, 0.15) is 39.7 Å². The molecule has 2 rings (SSSR count). The fraction of sp³-hybridized carbons (Fsp3) is 0.682. The van der Waals surface area contributed by atoms with Crippen LogP contribution in [0.2, 0.25) is 0 Å². The number of nitrogens with zero attached hydrogens (tertiary/aromatic N) is 3. The molecular formula is C22H38N4O2. The Labute approximate surface area is 170 Å². The lowest BCUT2D eigenvalue weighted by atomic mass is 9.84. The SMILES string of the molecule is CCN(CC)C1CCN(C(=NC)NCC(C)(C)c2ccc(OC)c(OC)c2)C1. The molecule has 6 nitrogen and oxygen atoms in total. The number of likely N-dealkylation sites (tertiary alicyclic amines) is 1. The normalized spacial score (nSPS) is 17.9. The third-order valence-corrected chi connectivity index (χ3v) is 5.86. The van der Waals surface area contributed by atoms with E-state index in [2.05, 4.69) is 59.9 Å². The lowest BCUT2D eigenvalue weighted by Gasteiger charge is -2.30. The van der Waals surface area contributed by atoms with Gasteiger partial charge in [-0.3, -0.25) is 9.89 Å². The summed E-state index contributed by atoms with van der Waals surface area (Å²) in [6.07, 6.45) is 1.20. The van der Waals surface area contributed by atoms with Crippen LogP contribution in [-0.2, 0) is 5.41 Å². The molecule has 0 radical (unpaired) electrons. The summed E-state index contributed by atoms with van der Waals surface area (Å²) in [5, 5.41) is 3.60. The number of hydrogen-bond donors (Lipinski definition) is 1. The third kappa shape index (κ3) is 5.10. The molecular weight excluding hydrogens is 352 g/mol. The van der Waals surface area contributed by atoms with E-state index in [1.807, 2.05) is 13.1 Å². The molecule has 6 heteroatoms. The minimum atomic E-state index is -0.0759. The van der Waals surface area contributed by atoms with E-state index in [1.165, 1.54) is 12.0 Å². The van der Waals surface area contributed by atoms with Gasteiger partial charge in [0.15, 0.2) is 17.5 Å². The van der Waals surface area contributed by atoms with Crippen molar-refractivity contribution in [3.05, 3.63) is 23.8 Å². The first kappa shape index (κ1) is 22.3. The highest BCUT2D eigenvalue weighted by Gasteiger charge is 2.29. The zero-order chi connectivity index (χ0) is 20.7.